The van der Waals surface area contributed by atoms with Gasteiger partial charge in [0.1, 0.15) is 16.2 Å². The van der Waals surface area contributed by atoms with Crippen molar-refractivity contribution in [3.05, 3.63) is 57.0 Å². The monoisotopic (exact) mass is 470 g/mol. The first-order valence-corrected chi connectivity index (χ1v) is 11.5. The third-order valence-electron chi connectivity index (χ3n) is 4.75. The second kappa shape index (κ2) is 10.4. The van der Waals surface area contributed by atoms with Crippen molar-refractivity contribution in [3.63, 3.8) is 0 Å². The summed E-state index contributed by atoms with van der Waals surface area (Å²) in [5.74, 6) is -0.301. The van der Waals surface area contributed by atoms with Crippen molar-refractivity contribution in [3.8, 4) is 0 Å². The van der Waals surface area contributed by atoms with E-state index in [1.54, 1.807) is 24.3 Å². The van der Waals surface area contributed by atoms with Crippen LogP contribution in [0.4, 0.5) is 10.5 Å². The predicted octanol–water partition coefficient (Wildman–Crippen LogP) is 2.46. The first kappa shape index (κ1) is 24.2. The van der Waals surface area contributed by atoms with Gasteiger partial charge in [-0.25, -0.2) is 19.6 Å². The second-order valence-electron chi connectivity index (χ2n) is 7.70. The number of thioether (sulfide) groups is 1. The number of para-hydroxylation sites is 1. The minimum absolute atomic E-state index is 0.0616. The van der Waals surface area contributed by atoms with E-state index in [9.17, 15) is 19.2 Å². The highest BCUT2D eigenvalue weighted by Gasteiger charge is 2.20. The van der Waals surface area contributed by atoms with Crippen LogP contribution in [0.15, 0.2) is 44.9 Å². The topological polar surface area (TPSA) is 128 Å². The van der Waals surface area contributed by atoms with E-state index in [4.69, 9.17) is 0 Å². The van der Waals surface area contributed by atoms with Crippen LogP contribution in [0.1, 0.15) is 38.9 Å². The van der Waals surface area contributed by atoms with Crippen molar-refractivity contribution in [2.75, 3.05) is 11.1 Å². The molecule has 11 heteroatoms. The summed E-state index contributed by atoms with van der Waals surface area (Å²) in [5.41, 5.74) is -0.166. The molecule has 0 unspecified atom stereocenters. The van der Waals surface area contributed by atoms with Gasteiger partial charge in [0.25, 0.3) is 5.56 Å². The number of rotatable bonds is 7. The largest absolute Gasteiger partial charge is 0.332 e. The van der Waals surface area contributed by atoms with E-state index in [1.165, 1.54) is 11.6 Å². The summed E-state index contributed by atoms with van der Waals surface area (Å²) in [6.07, 6.45) is 0.676. The number of nitrogens with zero attached hydrogens (tertiary/aromatic N) is 4. The number of carbonyl (C=O) groups is 2. The molecule has 2 aromatic heterocycles. The van der Waals surface area contributed by atoms with Crippen molar-refractivity contribution in [2.24, 2.45) is 7.05 Å². The number of aryl methyl sites for hydroxylation is 1. The highest BCUT2D eigenvalue weighted by molar-refractivity contribution is 8.00. The molecule has 0 saturated heterocycles. The summed E-state index contributed by atoms with van der Waals surface area (Å²) in [6.45, 7) is 6.12. The SMILES string of the molecule is CCCn1c(=O)n(C)c(=O)c2c(SCC(=O)NC(=O)Nc3ccccc3)nc(C(C)C)nc21. The number of carbonyl (C=O) groups excluding carboxylic acids is 2. The number of nitrogens with one attached hydrogen (secondary N) is 2. The van der Waals surface area contributed by atoms with E-state index in [-0.39, 0.29) is 22.7 Å². The van der Waals surface area contributed by atoms with E-state index in [2.05, 4.69) is 20.6 Å². The Morgan fingerprint density at radius 2 is 1.82 bits per heavy atom. The first-order chi connectivity index (χ1) is 15.7. The molecule has 0 radical (unpaired) electrons. The fraction of sp³-hybridized carbons (Fsp3) is 0.364. The Labute approximate surface area is 194 Å². The lowest BCUT2D eigenvalue weighted by Crippen LogP contribution is -2.39. The van der Waals surface area contributed by atoms with Gasteiger partial charge in [-0.3, -0.25) is 24.0 Å². The third-order valence-corrected chi connectivity index (χ3v) is 5.73. The van der Waals surface area contributed by atoms with Crippen LogP contribution in [-0.4, -0.2) is 36.8 Å². The molecule has 0 atom stereocenters. The number of hydrogen-bond donors (Lipinski definition) is 2. The quantitative estimate of drug-likeness (QED) is 0.401. The Hall–Kier alpha value is -3.47. The van der Waals surface area contributed by atoms with Crippen molar-refractivity contribution >= 4 is 40.4 Å². The van der Waals surface area contributed by atoms with E-state index in [0.717, 1.165) is 16.3 Å². The predicted molar refractivity (Wildman–Crippen MR) is 128 cm³/mol. The van der Waals surface area contributed by atoms with Gasteiger partial charge in [-0.05, 0) is 18.6 Å². The number of urea groups is 1. The minimum atomic E-state index is -0.657. The number of benzene rings is 1. The maximum Gasteiger partial charge on any atom is 0.332 e. The molecule has 0 aliphatic heterocycles. The molecule has 2 heterocycles. The van der Waals surface area contributed by atoms with Gasteiger partial charge in [-0.1, -0.05) is 50.7 Å². The summed E-state index contributed by atoms with van der Waals surface area (Å²) in [7, 11) is 1.40. The smallest absolute Gasteiger partial charge is 0.308 e. The molecule has 33 heavy (non-hydrogen) atoms. The molecule has 0 spiro atoms. The van der Waals surface area contributed by atoms with Gasteiger partial charge in [0, 0.05) is 25.2 Å². The van der Waals surface area contributed by atoms with Gasteiger partial charge in [0.2, 0.25) is 5.91 Å². The standard InChI is InChI=1S/C22H26N6O4S/c1-5-11-28-18-16(20(30)27(4)22(28)32)19(26-17(25-18)13(2)3)33-12-15(29)24-21(31)23-14-9-7-6-8-10-14/h6-10,13H,5,11-12H2,1-4H3,(H2,23,24,29,31). The van der Waals surface area contributed by atoms with Crippen LogP contribution in [0.3, 0.4) is 0 Å². The van der Waals surface area contributed by atoms with E-state index >= 15 is 0 Å². The van der Waals surface area contributed by atoms with E-state index in [0.29, 0.717) is 29.5 Å². The van der Waals surface area contributed by atoms with Crippen molar-refractivity contribution in [1.82, 2.24) is 24.4 Å². The molecule has 0 bridgehead atoms. The molecule has 174 valence electrons. The number of imide groups is 1. The molecule has 3 aromatic rings. The average molecular weight is 471 g/mol. The summed E-state index contributed by atoms with van der Waals surface area (Å²) < 4.78 is 2.48. The van der Waals surface area contributed by atoms with Gasteiger partial charge in [0.15, 0.2) is 5.65 Å². The lowest BCUT2D eigenvalue weighted by Gasteiger charge is -2.15. The molecule has 0 fully saturated rings. The van der Waals surface area contributed by atoms with E-state index < -0.39 is 23.2 Å². The Bertz CT molecular complexity index is 1300. The normalized spacial score (nSPS) is 11.1. The van der Waals surface area contributed by atoms with Crippen LogP contribution < -0.4 is 21.9 Å². The highest BCUT2D eigenvalue weighted by atomic mass is 32.2. The molecular formula is C22H26N6O4S. The molecule has 1 aromatic carbocycles. The van der Waals surface area contributed by atoms with Crippen LogP contribution in [0.25, 0.3) is 11.0 Å². The number of amides is 3. The van der Waals surface area contributed by atoms with Crippen LogP contribution in [0, 0.1) is 0 Å². The zero-order valence-corrected chi connectivity index (χ0v) is 19.7. The van der Waals surface area contributed by atoms with Crippen LogP contribution >= 0.6 is 11.8 Å². The molecule has 0 saturated carbocycles. The van der Waals surface area contributed by atoms with Crippen molar-refractivity contribution < 1.29 is 9.59 Å². The maximum absolute atomic E-state index is 12.9. The minimum Gasteiger partial charge on any atom is -0.308 e. The molecule has 3 rings (SSSR count). The van der Waals surface area contributed by atoms with E-state index in [1.807, 2.05) is 26.8 Å². The summed E-state index contributed by atoms with van der Waals surface area (Å²) in [6, 6.07) is 8.08. The Kier molecular flexibility index (Phi) is 7.64. The third kappa shape index (κ3) is 5.48. The second-order valence-corrected chi connectivity index (χ2v) is 8.66. The molecular weight excluding hydrogens is 444 g/mol. The number of hydrogen-bond acceptors (Lipinski definition) is 7. The average Bonchev–Trinajstić information content (AvgIpc) is 2.79. The Balaban J connectivity index is 1.90. The summed E-state index contributed by atoms with van der Waals surface area (Å²) in [5, 5.41) is 5.31. The molecule has 3 amide bonds. The fourth-order valence-electron chi connectivity index (χ4n) is 3.12. The van der Waals surface area contributed by atoms with Gasteiger partial charge in [0.05, 0.1) is 5.75 Å². The lowest BCUT2D eigenvalue weighted by molar-refractivity contribution is -0.117. The fourth-order valence-corrected chi connectivity index (χ4v) is 3.94. The van der Waals surface area contributed by atoms with Gasteiger partial charge >= 0.3 is 11.7 Å². The molecule has 10 nitrogen and oxygen atoms in total. The maximum atomic E-state index is 12.9. The zero-order valence-electron chi connectivity index (χ0n) is 18.9. The summed E-state index contributed by atoms with van der Waals surface area (Å²) in [4.78, 5) is 59.0. The van der Waals surface area contributed by atoms with Gasteiger partial charge < -0.3 is 5.32 Å². The Morgan fingerprint density at radius 3 is 2.45 bits per heavy atom. The summed E-state index contributed by atoms with van der Waals surface area (Å²) >= 11 is 1.02. The molecule has 0 aliphatic carbocycles. The van der Waals surface area contributed by atoms with Crippen LogP contribution in [0.5, 0.6) is 0 Å². The molecule has 0 aliphatic rings. The van der Waals surface area contributed by atoms with Crippen molar-refractivity contribution in [1.29, 1.82) is 0 Å². The lowest BCUT2D eigenvalue weighted by atomic mass is 10.2. The van der Waals surface area contributed by atoms with Crippen LogP contribution in [-0.2, 0) is 18.4 Å². The van der Waals surface area contributed by atoms with Gasteiger partial charge in [-0.2, -0.15) is 0 Å². The number of aromatic nitrogens is 4. The van der Waals surface area contributed by atoms with Crippen molar-refractivity contribution in [2.45, 2.75) is 44.7 Å². The first-order valence-electron chi connectivity index (χ1n) is 10.5. The Morgan fingerprint density at radius 1 is 1.12 bits per heavy atom. The number of anilines is 1. The highest BCUT2D eigenvalue weighted by Crippen LogP contribution is 2.24. The molecule has 2 N–H and O–H groups in total. The number of fused-ring (bicyclic) bond motifs is 1. The zero-order chi connectivity index (χ0) is 24.1. The van der Waals surface area contributed by atoms with Gasteiger partial charge in [-0.15, -0.1) is 0 Å². The van der Waals surface area contributed by atoms with Crippen LogP contribution in [0.2, 0.25) is 0 Å².